The van der Waals surface area contributed by atoms with Crippen LogP contribution in [0.3, 0.4) is 0 Å². The number of ether oxygens (including phenoxy) is 2. The number of benzene rings is 7. The topological polar surface area (TPSA) is 57.3 Å². The molecule has 0 radical (unpaired) electrons. The van der Waals surface area contributed by atoms with Gasteiger partial charge in [-0.2, -0.15) is 4.98 Å². The Labute approximate surface area is 290 Å². The van der Waals surface area contributed by atoms with E-state index in [9.17, 15) is 0 Å². The van der Waals surface area contributed by atoms with Crippen LogP contribution >= 0.6 is 0 Å². The van der Waals surface area contributed by atoms with Gasteiger partial charge in [0.1, 0.15) is 5.69 Å². The Bertz CT molecular complexity index is 3060. The van der Waals surface area contributed by atoms with Gasteiger partial charge in [-0.1, -0.05) is 91.0 Å². The van der Waals surface area contributed by atoms with E-state index in [0.29, 0.717) is 11.7 Å². The van der Waals surface area contributed by atoms with Gasteiger partial charge in [-0.25, -0.2) is 4.98 Å². The molecule has 0 spiro atoms. The van der Waals surface area contributed by atoms with Gasteiger partial charge in [0.25, 0.3) is 0 Å². The Hall–Kier alpha value is -7.12. The van der Waals surface area contributed by atoms with Crippen LogP contribution in [0.25, 0.3) is 66.3 Å². The number of hydrogen-bond acceptors (Lipinski definition) is 5. The van der Waals surface area contributed by atoms with Crippen LogP contribution < -0.4 is 14.4 Å². The van der Waals surface area contributed by atoms with Crippen LogP contribution in [0.1, 0.15) is 0 Å². The van der Waals surface area contributed by atoms with Crippen LogP contribution in [0, 0.1) is 0 Å². The van der Waals surface area contributed by atoms with Crippen molar-refractivity contribution >= 4 is 71.6 Å². The number of anilines is 3. The van der Waals surface area contributed by atoms with Crippen LogP contribution in [-0.4, -0.2) is 19.1 Å². The van der Waals surface area contributed by atoms with Gasteiger partial charge in [-0.05, 0) is 54.6 Å². The molecule has 7 heteroatoms. The number of hydrogen-bond donors (Lipinski definition) is 0. The number of rotatable bonds is 2. The summed E-state index contributed by atoms with van der Waals surface area (Å²) in [4.78, 5) is 13.0. The lowest BCUT2D eigenvalue weighted by Gasteiger charge is -2.38. The minimum atomic E-state index is 0.563. The van der Waals surface area contributed by atoms with E-state index in [-0.39, 0.29) is 0 Å². The lowest BCUT2D eigenvalue weighted by atomic mass is 10.0. The van der Waals surface area contributed by atoms with E-state index >= 15 is 0 Å². The lowest BCUT2D eigenvalue weighted by Crippen LogP contribution is -2.20. The lowest BCUT2D eigenvalue weighted by molar-refractivity contribution is 0.450. The summed E-state index contributed by atoms with van der Waals surface area (Å²) in [5.41, 5.74) is 7.73. The van der Waals surface area contributed by atoms with Crippen molar-refractivity contribution in [1.82, 2.24) is 19.1 Å². The first-order chi connectivity index (χ1) is 25.3. The average molecular weight is 656 g/mol. The fourth-order valence-corrected chi connectivity index (χ4v) is 8.19. The molecule has 0 saturated carbocycles. The number of nitrogens with zero attached hydrogens (tertiary/aromatic N) is 5. The predicted molar refractivity (Wildman–Crippen MR) is 203 cm³/mol. The van der Waals surface area contributed by atoms with Crippen molar-refractivity contribution in [2.24, 2.45) is 0 Å². The third kappa shape index (κ3) is 3.51. The molecule has 12 rings (SSSR count). The van der Waals surface area contributed by atoms with Crippen molar-refractivity contribution in [3.8, 4) is 34.8 Å². The van der Waals surface area contributed by atoms with Gasteiger partial charge in [0, 0.05) is 27.6 Å². The van der Waals surface area contributed by atoms with Crippen LogP contribution in [0.5, 0.6) is 23.0 Å². The van der Waals surface area contributed by atoms with Crippen LogP contribution in [-0.2, 0) is 0 Å². The van der Waals surface area contributed by atoms with Gasteiger partial charge in [0.2, 0.25) is 5.95 Å². The van der Waals surface area contributed by atoms with E-state index in [2.05, 4.69) is 123 Å². The molecular formula is C44H25N5O2. The second-order valence-electron chi connectivity index (χ2n) is 13.0. The molecule has 7 aromatic carbocycles. The van der Waals surface area contributed by atoms with Crippen LogP contribution in [0.4, 0.5) is 17.1 Å². The molecule has 0 bridgehead atoms. The highest BCUT2D eigenvalue weighted by Crippen LogP contribution is 2.62. The summed E-state index contributed by atoms with van der Waals surface area (Å²) < 4.78 is 18.0. The maximum absolute atomic E-state index is 6.88. The molecule has 3 aromatic heterocycles. The fraction of sp³-hybridized carbons (Fsp3) is 0. The van der Waals surface area contributed by atoms with Gasteiger partial charge in [-0.15, -0.1) is 0 Å². The molecule has 238 valence electrons. The minimum Gasteiger partial charge on any atom is -0.453 e. The van der Waals surface area contributed by atoms with Crippen LogP contribution in [0.15, 0.2) is 152 Å². The molecule has 5 heterocycles. The van der Waals surface area contributed by atoms with Crippen LogP contribution in [0.2, 0.25) is 0 Å². The summed E-state index contributed by atoms with van der Waals surface area (Å²) in [6.45, 7) is 0. The summed E-state index contributed by atoms with van der Waals surface area (Å²) >= 11 is 0. The SMILES string of the molecule is c1ccc2c(c1)Oc1cc3c(c4c1N2c1ccccc1O4)c1ccccc1n3-c1nc(-n2c3ccccc3c3ccccc32)c2ccccc2n1. The molecule has 10 aromatic rings. The first-order valence-electron chi connectivity index (χ1n) is 17.0. The third-order valence-electron chi connectivity index (χ3n) is 10.3. The zero-order chi connectivity index (χ0) is 33.2. The van der Waals surface area contributed by atoms with Gasteiger partial charge >= 0.3 is 0 Å². The minimum absolute atomic E-state index is 0.563. The molecule has 0 fully saturated rings. The molecule has 2 aliphatic rings. The molecule has 0 amide bonds. The maximum atomic E-state index is 6.88. The standard InChI is InChI=1S/C44H25N5O2/c1-5-17-30-28(15-1)43(48-31-18-6-2-13-26(31)27-14-3-7-19-32(27)48)46-44(45-30)49-33-20-8-4-16-29(33)40-36(49)25-39-41-42(40)51-38-24-12-10-22-35(38)47(41)34-21-9-11-23-37(34)50-39/h1-25H. The van der Waals surface area contributed by atoms with E-state index in [4.69, 9.17) is 19.4 Å². The Kier molecular flexibility index (Phi) is 5.12. The Morgan fingerprint density at radius 1 is 0.431 bits per heavy atom. The summed E-state index contributed by atoms with van der Waals surface area (Å²) in [5.74, 6) is 4.40. The van der Waals surface area contributed by atoms with Gasteiger partial charge in [0.05, 0.1) is 44.3 Å². The number of fused-ring (bicyclic) bond motifs is 12. The molecule has 7 nitrogen and oxygen atoms in total. The van der Waals surface area contributed by atoms with Crippen molar-refractivity contribution < 1.29 is 9.47 Å². The molecule has 0 atom stereocenters. The van der Waals surface area contributed by atoms with Crippen molar-refractivity contribution in [1.29, 1.82) is 0 Å². The second-order valence-corrected chi connectivity index (χ2v) is 13.0. The number of aromatic nitrogens is 4. The van der Waals surface area contributed by atoms with Crippen molar-refractivity contribution in [3.05, 3.63) is 152 Å². The van der Waals surface area contributed by atoms with E-state index in [1.54, 1.807) is 0 Å². The fourth-order valence-electron chi connectivity index (χ4n) is 8.19. The Morgan fingerprint density at radius 2 is 0.980 bits per heavy atom. The van der Waals surface area contributed by atoms with Gasteiger partial charge in [0.15, 0.2) is 28.8 Å². The summed E-state index contributed by atoms with van der Waals surface area (Å²) in [6, 6.07) is 52.2. The molecule has 2 aliphatic heterocycles. The number of para-hydroxylation sites is 8. The van der Waals surface area contributed by atoms with E-state index < -0.39 is 0 Å². The average Bonchev–Trinajstić information content (AvgIpc) is 3.70. The molecule has 0 unspecified atom stereocenters. The molecule has 0 N–H and O–H groups in total. The quantitative estimate of drug-likeness (QED) is 0.185. The largest absolute Gasteiger partial charge is 0.453 e. The van der Waals surface area contributed by atoms with Crippen molar-refractivity contribution in [2.45, 2.75) is 0 Å². The zero-order valence-electron chi connectivity index (χ0n) is 27.0. The Balaban J connectivity index is 1.21. The highest BCUT2D eigenvalue weighted by Gasteiger charge is 2.37. The van der Waals surface area contributed by atoms with E-state index in [1.165, 1.54) is 10.8 Å². The first-order valence-corrected chi connectivity index (χ1v) is 17.0. The molecule has 51 heavy (non-hydrogen) atoms. The molecule has 0 aliphatic carbocycles. The summed E-state index contributed by atoms with van der Waals surface area (Å²) in [5, 5.41) is 5.34. The Morgan fingerprint density at radius 3 is 1.69 bits per heavy atom. The zero-order valence-corrected chi connectivity index (χ0v) is 27.0. The first kappa shape index (κ1) is 26.8. The highest BCUT2D eigenvalue weighted by molar-refractivity contribution is 6.17. The predicted octanol–water partition coefficient (Wildman–Crippen LogP) is 11.5. The van der Waals surface area contributed by atoms with E-state index in [0.717, 1.165) is 83.9 Å². The van der Waals surface area contributed by atoms with E-state index in [1.807, 2.05) is 42.5 Å². The van der Waals surface area contributed by atoms with Crippen molar-refractivity contribution in [3.63, 3.8) is 0 Å². The summed E-state index contributed by atoms with van der Waals surface area (Å²) in [6.07, 6.45) is 0. The smallest absolute Gasteiger partial charge is 0.237 e. The second kappa shape index (κ2) is 9.74. The monoisotopic (exact) mass is 655 g/mol. The normalized spacial score (nSPS) is 13.0. The van der Waals surface area contributed by atoms with Gasteiger partial charge in [-0.3, -0.25) is 14.0 Å². The van der Waals surface area contributed by atoms with Gasteiger partial charge < -0.3 is 9.47 Å². The van der Waals surface area contributed by atoms with Crippen molar-refractivity contribution in [2.75, 3.05) is 4.90 Å². The maximum Gasteiger partial charge on any atom is 0.237 e. The summed E-state index contributed by atoms with van der Waals surface area (Å²) in [7, 11) is 0. The molecule has 0 saturated heterocycles. The molecular weight excluding hydrogens is 631 g/mol. The highest BCUT2D eigenvalue weighted by atomic mass is 16.5. The third-order valence-corrected chi connectivity index (χ3v) is 10.3.